The van der Waals surface area contributed by atoms with Crippen molar-refractivity contribution < 1.29 is 13.9 Å². The van der Waals surface area contributed by atoms with Gasteiger partial charge in [-0.15, -0.1) is 0 Å². The summed E-state index contributed by atoms with van der Waals surface area (Å²) in [6.45, 7) is 0. The van der Waals surface area contributed by atoms with Gasteiger partial charge in [-0.25, -0.2) is 14.4 Å². The third-order valence-corrected chi connectivity index (χ3v) is 3.30. The van der Waals surface area contributed by atoms with Gasteiger partial charge in [0.25, 0.3) is 0 Å². The lowest BCUT2D eigenvalue weighted by molar-refractivity contribution is 0.0991. The van der Waals surface area contributed by atoms with Crippen molar-refractivity contribution in [2.45, 2.75) is 6.42 Å². The molecule has 2 heterocycles. The molecule has 0 saturated heterocycles. The van der Waals surface area contributed by atoms with Crippen LogP contribution in [0.25, 0.3) is 0 Å². The average molecular weight is 344 g/mol. The maximum Gasteiger partial charge on any atom is 0.169 e. The van der Waals surface area contributed by atoms with Crippen molar-refractivity contribution in [3.05, 3.63) is 77.3 Å². The molecule has 2 aromatic heterocycles. The molecule has 120 valence electrons. The van der Waals surface area contributed by atoms with Gasteiger partial charge in [0.2, 0.25) is 0 Å². The lowest BCUT2D eigenvalue weighted by atomic mass is 10.1. The Morgan fingerprint density at radius 1 is 1.12 bits per heavy atom. The number of Topliss-reactive ketones (excluding diaryl/α,β-unsaturated/α-hetero) is 1. The molecule has 3 aromatic rings. The number of aromatic nitrogens is 3. The summed E-state index contributed by atoms with van der Waals surface area (Å²) in [7, 11) is 0. The summed E-state index contributed by atoms with van der Waals surface area (Å²) in [6.07, 6.45) is 5.65. The fraction of sp³-hybridized carbons (Fsp3) is 0.0588. The monoisotopic (exact) mass is 343 g/mol. The minimum atomic E-state index is -0.438. The predicted octanol–water partition coefficient (Wildman–Crippen LogP) is 3.88. The molecule has 0 N–H and O–H groups in total. The number of carbonyl (C=O) groups excluding carboxylic acids is 1. The maximum absolute atomic E-state index is 13.2. The van der Waals surface area contributed by atoms with Crippen LogP contribution in [0.4, 0.5) is 4.39 Å². The summed E-state index contributed by atoms with van der Waals surface area (Å²) in [4.78, 5) is 24.0. The standard InChI is InChI=1S/C17H11ClFN3O2/c18-12-3-11(17(23)7-14-6-13(19)1-2-22-14)4-15(5-12)24-16-8-20-10-21-9-16/h1-6,8-10H,7H2. The minimum absolute atomic E-state index is 0.0357. The zero-order valence-electron chi connectivity index (χ0n) is 12.3. The van der Waals surface area contributed by atoms with Crippen molar-refractivity contribution in [1.82, 2.24) is 15.0 Å². The van der Waals surface area contributed by atoms with Gasteiger partial charge in [0, 0.05) is 16.8 Å². The normalized spacial score (nSPS) is 10.4. The van der Waals surface area contributed by atoms with Crippen LogP contribution in [0, 0.1) is 5.82 Å². The van der Waals surface area contributed by atoms with Crippen LogP contribution < -0.4 is 4.74 Å². The van der Waals surface area contributed by atoms with Gasteiger partial charge in [-0.05, 0) is 30.3 Å². The zero-order chi connectivity index (χ0) is 16.9. The van der Waals surface area contributed by atoms with Crippen molar-refractivity contribution in [1.29, 1.82) is 0 Å². The first-order valence-corrected chi connectivity index (χ1v) is 7.35. The fourth-order valence-corrected chi connectivity index (χ4v) is 2.29. The van der Waals surface area contributed by atoms with Gasteiger partial charge in [-0.3, -0.25) is 9.78 Å². The van der Waals surface area contributed by atoms with Gasteiger partial charge >= 0.3 is 0 Å². The van der Waals surface area contributed by atoms with Crippen LogP contribution in [0.15, 0.2) is 55.2 Å². The molecule has 0 bridgehead atoms. The molecule has 0 aliphatic carbocycles. The molecule has 1 aromatic carbocycles. The van der Waals surface area contributed by atoms with Crippen LogP contribution in [0.3, 0.4) is 0 Å². The van der Waals surface area contributed by atoms with E-state index in [4.69, 9.17) is 16.3 Å². The largest absolute Gasteiger partial charge is 0.454 e. The fourth-order valence-electron chi connectivity index (χ4n) is 2.07. The molecule has 24 heavy (non-hydrogen) atoms. The summed E-state index contributed by atoms with van der Waals surface area (Å²) in [5, 5.41) is 0.347. The van der Waals surface area contributed by atoms with E-state index in [-0.39, 0.29) is 12.2 Å². The van der Waals surface area contributed by atoms with Gasteiger partial charge < -0.3 is 4.74 Å². The topological polar surface area (TPSA) is 65.0 Å². The summed E-state index contributed by atoms with van der Waals surface area (Å²) in [5.41, 5.74) is 0.694. The first-order chi connectivity index (χ1) is 11.6. The van der Waals surface area contributed by atoms with E-state index in [1.165, 1.54) is 43.1 Å². The van der Waals surface area contributed by atoms with Crippen LogP contribution >= 0.6 is 11.6 Å². The number of ether oxygens (including phenoxy) is 1. The predicted molar refractivity (Wildman–Crippen MR) is 85.8 cm³/mol. The molecular weight excluding hydrogens is 333 g/mol. The second-order valence-corrected chi connectivity index (χ2v) is 5.35. The third-order valence-electron chi connectivity index (χ3n) is 3.09. The molecule has 0 aliphatic heterocycles. The molecule has 3 rings (SSSR count). The van der Waals surface area contributed by atoms with Crippen molar-refractivity contribution in [3.8, 4) is 11.5 Å². The Morgan fingerprint density at radius 3 is 2.67 bits per heavy atom. The molecule has 0 unspecified atom stereocenters. The lowest BCUT2D eigenvalue weighted by Crippen LogP contribution is -2.05. The number of pyridine rings is 1. The highest BCUT2D eigenvalue weighted by atomic mass is 35.5. The van der Waals surface area contributed by atoms with Crippen molar-refractivity contribution >= 4 is 17.4 Å². The Kier molecular flexibility index (Phi) is 4.77. The summed E-state index contributed by atoms with van der Waals surface area (Å²) in [5.74, 6) is 0.120. The van der Waals surface area contributed by atoms with E-state index in [0.717, 1.165) is 0 Å². The SMILES string of the molecule is O=C(Cc1cc(F)ccn1)c1cc(Cl)cc(Oc2cncnc2)c1. The number of rotatable bonds is 5. The smallest absolute Gasteiger partial charge is 0.169 e. The van der Waals surface area contributed by atoms with Gasteiger partial charge in [0.15, 0.2) is 11.5 Å². The highest BCUT2D eigenvalue weighted by Crippen LogP contribution is 2.26. The highest BCUT2D eigenvalue weighted by Gasteiger charge is 2.12. The number of hydrogen-bond acceptors (Lipinski definition) is 5. The Bertz CT molecular complexity index is 875. The summed E-state index contributed by atoms with van der Waals surface area (Å²) in [6, 6.07) is 7.10. The lowest BCUT2D eigenvalue weighted by Gasteiger charge is -2.08. The van der Waals surface area contributed by atoms with Gasteiger partial charge in [-0.1, -0.05) is 11.6 Å². The van der Waals surface area contributed by atoms with Crippen molar-refractivity contribution in [2.75, 3.05) is 0 Å². The van der Waals surface area contributed by atoms with E-state index < -0.39 is 5.82 Å². The molecule has 0 fully saturated rings. The van der Waals surface area contributed by atoms with E-state index >= 15 is 0 Å². The number of benzene rings is 1. The Morgan fingerprint density at radius 2 is 1.92 bits per heavy atom. The van der Waals surface area contributed by atoms with E-state index in [1.54, 1.807) is 12.1 Å². The molecule has 0 spiro atoms. The van der Waals surface area contributed by atoms with Crippen LogP contribution in [0.5, 0.6) is 11.5 Å². The Labute approximate surface area is 142 Å². The second kappa shape index (κ2) is 7.14. The maximum atomic E-state index is 13.2. The van der Waals surface area contributed by atoms with Crippen LogP contribution in [0.2, 0.25) is 5.02 Å². The summed E-state index contributed by atoms with van der Waals surface area (Å²) >= 11 is 6.05. The Hall–Kier alpha value is -2.86. The highest BCUT2D eigenvalue weighted by molar-refractivity contribution is 6.31. The molecule has 5 nitrogen and oxygen atoms in total. The molecule has 0 atom stereocenters. The van der Waals surface area contributed by atoms with E-state index in [2.05, 4.69) is 15.0 Å². The van der Waals surface area contributed by atoms with Gasteiger partial charge in [0.1, 0.15) is 17.9 Å². The number of hydrogen-bond donors (Lipinski definition) is 0. The third kappa shape index (κ3) is 4.11. The van der Waals surface area contributed by atoms with Gasteiger partial charge in [0.05, 0.1) is 24.5 Å². The molecule has 0 amide bonds. The Balaban J connectivity index is 1.81. The van der Waals surface area contributed by atoms with Crippen molar-refractivity contribution in [3.63, 3.8) is 0 Å². The van der Waals surface area contributed by atoms with Crippen molar-refractivity contribution in [2.24, 2.45) is 0 Å². The van der Waals surface area contributed by atoms with E-state index in [0.29, 0.717) is 27.8 Å². The molecule has 0 saturated carbocycles. The zero-order valence-corrected chi connectivity index (χ0v) is 13.1. The second-order valence-electron chi connectivity index (χ2n) is 4.92. The number of halogens is 2. The number of carbonyl (C=O) groups is 1. The van der Waals surface area contributed by atoms with Gasteiger partial charge in [-0.2, -0.15) is 0 Å². The average Bonchev–Trinajstić information content (AvgIpc) is 2.55. The van der Waals surface area contributed by atoms with Crippen LogP contribution in [0.1, 0.15) is 16.1 Å². The molecular formula is C17H11ClFN3O2. The number of nitrogens with zero attached hydrogens (tertiary/aromatic N) is 3. The van der Waals surface area contributed by atoms with E-state index in [1.807, 2.05) is 0 Å². The molecule has 7 heteroatoms. The van der Waals surface area contributed by atoms with E-state index in [9.17, 15) is 9.18 Å². The van der Waals surface area contributed by atoms with Crippen LogP contribution in [-0.4, -0.2) is 20.7 Å². The minimum Gasteiger partial charge on any atom is -0.454 e. The summed E-state index contributed by atoms with van der Waals surface area (Å²) < 4.78 is 18.8. The number of ketones is 1. The quantitative estimate of drug-likeness (QED) is 0.658. The molecule has 0 aliphatic rings. The first-order valence-electron chi connectivity index (χ1n) is 6.97. The first kappa shape index (κ1) is 16.0. The molecule has 0 radical (unpaired) electrons. The van der Waals surface area contributed by atoms with Crippen LogP contribution in [-0.2, 0) is 6.42 Å².